The van der Waals surface area contributed by atoms with Crippen LogP contribution in [0.3, 0.4) is 0 Å². The van der Waals surface area contributed by atoms with Crippen LogP contribution in [0.2, 0.25) is 0 Å². The summed E-state index contributed by atoms with van der Waals surface area (Å²) in [4.78, 5) is 19.5. The van der Waals surface area contributed by atoms with Crippen LogP contribution in [0, 0.1) is 0 Å². The van der Waals surface area contributed by atoms with Crippen LogP contribution in [0.5, 0.6) is 0 Å². The normalized spacial score (nSPS) is 14.8. The molecular weight excluding hydrogens is 295 g/mol. The molecular formula is C18H31O3P. The Kier molecular flexibility index (Phi) is 7.82. The summed E-state index contributed by atoms with van der Waals surface area (Å²) in [5.41, 5.74) is 2.02. The van der Waals surface area contributed by atoms with Gasteiger partial charge in [-0.3, -0.25) is 4.57 Å². The molecule has 0 saturated carbocycles. The van der Waals surface area contributed by atoms with Crippen molar-refractivity contribution in [1.82, 2.24) is 0 Å². The van der Waals surface area contributed by atoms with E-state index in [0.29, 0.717) is 5.92 Å². The maximum Gasteiger partial charge on any atom is 0.356 e. The molecule has 0 aliphatic heterocycles. The molecule has 0 bridgehead atoms. The summed E-state index contributed by atoms with van der Waals surface area (Å²) in [6, 6.07) is 5.45. The lowest BCUT2D eigenvalue weighted by atomic mass is 9.84. The first kappa shape index (κ1) is 19.4. The molecule has 0 spiro atoms. The number of unbranched alkanes of at least 4 members (excludes halogenated alkanes) is 2. The average Bonchev–Trinajstić information content (AvgIpc) is 2.48. The van der Waals surface area contributed by atoms with Crippen LogP contribution in [0.25, 0.3) is 0 Å². The van der Waals surface area contributed by atoms with E-state index in [9.17, 15) is 14.4 Å². The van der Waals surface area contributed by atoms with Gasteiger partial charge in [0.1, 0.15) is 0 Å². The maximum atomic E-state index is 11.9. The number of benzene rings is 1. The number of rotatable bonds is 9. The molecule has 0 heterocycles. The third-order valence-electron chi connectivity index (χ3n) is 4.44. The van der Waals surface area contributed by atoms with Crippen molar-refractivity contribution in [3.63, 3.8) is 0 Å². The Morgan fingerprint density at radius 2 is 1.55 bits per heavy atom. The van der Waals surface area contributed by atoms with Crippen LogP contribution in [0.4, 0.5) is 0 Å². The molecule has 0 fully saturated rings. The molecule has 0 radical (unpaired) electrons. The zero-order valence-corrected chi connectivity index (χ0v) is 15.3. The smallest absolute Gasteiger partial charge is 0.321 e. The fraction of sp³-hybridized carbons (Fsp3) is 0.667. The second kappa shape index (κ2) is 8.86. The zero-order chi connectivity index (χ0) is 16.8. The van der Waals surface area contributed by atoms with E-state index in [0.717, 1.165) is 49.7 Å². The van der Waals surface area contributed by atoms with Crippen LogP contribution in [0.15, 0.2) is 18.2 Å². The molecule has 0 aromatic heterocycles. The van der Waals surface area contributed by atoms with Crippen molar-refractivity contribution >= 4 is 12.9 Å². The van der Waals surface area contributed by atoms with Gasteiger partial charge in [0.25, 0.3) is 0 Å². The SMILES string of the molecule is CCCCC(C)c1cccc(P(=O)(O)O)c1C(C)CCCC. The Bertz CT molecular complexity index is 507. The maximum absolute atomic E-state index is 11.9. The predicted octanol–water partition coefficient (Wildman–Crippen LogP) is 5.08. The van der Waals surface area contributed by atoms with E-state index >= 15 is 0 Å². The third kappa shape index (κ3) is 5.22. The molecule has 1 rings (SSSR count). The van der Waals surface area contributed by atoms with Crippen molar-refractivity contribution in [1.29, 1.82) is 0 Å². The van der Waals surface area contributed by atoms with E-state index in [1.165, 1.54) is 0 Å². The fourth-order valence-corrected chi connectivity index (χ4v) is 4.06. The lowest BCUT2D eigenvalue weighted by Crippen LogP contribution is -2.18. The largest absolute Gasteiger partial charge is 0.356 e. The standard InChI is InChI=1S/C18H31O3P/c1-5-7-10-14(3)16-12-9-13-17(22(19,20)21)18(16)15(4)11-8-6-2/h9,12-15H,5-8,10-11H2,1-4H3,(H2,19,20,21). The monoisotopic (exact) mass is 326 g/mol. The van der Waals surface area contributed by atoms with E-state index in [1.54, 1.807) is 12.1 Å². The summed E-state index contributed by atoms with van der Waals surface area (Å²) in [7, 11) is -4.23. The van der Waals surface area contributed by atoms with E-state index in [1.807, 2.05) is 0 Å². The molecule has 22 heavy (non-hydrogen) atoms. The van der Waals surface area contributed by atoms with Gasteiger partial charge in [-0.1, -0.05) is 65.5 Å². The van der Waals surface area contributed by atoms with Gasteiger partial charge in [0.05, 0.1) is 5.30 Å². The van der Waals surface area contributed by atoms with Crippen molar-refractivity contribution in [2.24, 2.45) is 0 Å². The summed E-state index contributed by atoms with van der Waals surface area (Å²) in [6.45, 7) is 8.58. The van der Waals surface area contributed by atoms with Crippen LogP contribution < -0.4 is 5.30 Å². The van der Waals surface area contributed by atoms with Crippen molar-refractivity contribution < 1.29 is 14.4 Å². The minimum atomic E-state index is -4.23. The van der Waals surface area contributed by atoms with Crippen LogP contribution in [-0.4, -0.2) is 9.79 Å². The van der Waals surface area contributed by atoms with Crippen LogP contribution >= 0.6 is 7.60 Å². The van der Waals surface area contributed by atoms with Gasteiger partial charge >= 0.3 is 7.60 Å². The minimum absolute atomic E-state index is 0.183. The first-order valence-corrected chi connectivity index (χ1v) is 10.1. The van der Waals surface area contributed by atoms with E-state index in [2.05, 4.69) is 33.8 Å². The minimum Gasteiger partial charge on any atom is -0.321 e. The molecule has 2 atom stereocenters. The predicted molar refractivity (Wildman–Crippen MR) is 94.0 cm³/mol. The number of hydrogen-bond donors (Lipinski definition) is 2. The van der Waals surface area contributed by atoms with Crippen molar-refractivity contribution in [2.45, 2.75) is 78.1 Å². The summed E-state index contributed by atoms with van der Waals surface area (Å²) in [5, 5.41) is 0.233. The molecule has 3 nitrogen and oxygen atoms in total. The highest BCUT2D eigenvalue weighted by atomic mass is 31.2. The Morgan fingerprint density at radius 3 is 2.05 bits per heavy atom. The topological polar surface area (TPSA) is 57.5 Å². The van der Waals surface area contributed by atoms with Crippen molar-refractivity contribution in [2.75, 3.05) is 0 Å². The van der Waals surface area contributed by atoms with Gasteiger partial charge in [0.2, 0.25) is 0 Å². The molecule has 4 heteroatoms. The highest BCUT2D eigenvalue weighted by molar-refractivity contribution is 7.60. The summed E-state index contributed by atoms with van der Waals surface area (Å²) >= 11 is 0. The summed E-state index contributed by atoms with van der Waals surface area (Å²) in [5.74, 6) is 0.522. The second-order valence-electron chi connectivity index (χ2n) is 6.41. The Morgan fingerprint density at radius 1 is 1.00 bits per heavy atom. The van der Waals surface area contributed by atoms with Gasteiger partial charge < -0.3 is 9.79 Å². The van der Waals surface area contributed by atoms with Gasteiger partial charge in [-0.25, -0.2) is 0 Å². The molecule has 2 unspecified atom stereocenters. The van der Waals surface area contributed by atoms with Gasteiger partial charge in [-0.05, 0) is 41.9 Å². The Balaban J connectivity index is 3.28. The summed E-state index contributed by atoms with van der Waals surface area (Å²) in [6.07, 6.45) is 6.51. The van der Waals surface area contributed by atoms with Gasteiger partial charge in [0.15, 0.2) is 0 Å². The molecule has 126 valence electrons. The number of hydrogen-bond acceptors (Lipinski definition) is 1. The van der Waals surface area contributed by atoms with E-state index in [4.69, 9.17) is 0 Å². The average molecular weight is 326 g/mol. The lowest BCUT2D eigenvalue weighted by molar-refractivity contribution is 0.386. The molecule has 0 saturated heterocycles. The first-order chi connectivity index (χ1) is 10.3. The Labute approximate surface area is 135 Å². The molecule has 2 N–H and O–H groups in total. The van der Waals surface area contributed by atoms with Crippen LogP contribution in [0.1, 0.15) is 89.2 Å². The van der Waals surface area contributed by atoms with E-state index in [-0.39, 0.29) is 11.2 Å². The molecule has 0 aliphatic rings. The quantitative estimate of drug-likeness (QED) is 0.622. The summed E-state index contributed by atoms with van der Waals surface area (Å²) < 4.78 is 11.9. The zero-order valence-electron chi connectivity index (χ0n) is 14.4. The van der Waals surface area contributed by atoms with Gasteiger partial charge in [-0.2, -0.15) is 0 Å². The second-order valence-corrected chi connectivity index (χ2v) is 7.98. The third-order valence-corrected chi connectivity index (χ3v) is 5.45. The van der Waals surface area contributed by atoms with Gasteiger partial charge in [-0.15, -0.1) is 0 Å². The highest BCUT2D eigenvalue weighted by Gasteiger charge is 2.27. The van der Waals surface area contributed by atoms with Crippen LogP contribution in [-0.2, 0) is 4.57 Å². The fourth-order valence-electron chi connectivity index (χ4n) is 3.11. The lowest BCUT2D eigenvalue weighted by Gasteiger charge is -2.24. The molecule has 1 aromatic rings. The van der Waals surface area contributed by atoms with Gasteiger partial charge in [0, 0.05) is 0 Å². The molecule has 1 aromatic carbocycles. The molecule has 0 aliphatic carbocycles. The first-order valence-electron chi connectivity index (χ1n) is 8.51. The molecule has 0 amide bonds. The van der Waals surface area contributed by atoms with Crippen molar-refractivity contribution in [3.8, 4) is 0 Å². The highest BCUT2D eigenvalue weighted by Crippen LogP contribution is 2.41. The van der Waals surface area contributed by atoms with E-state index < -0.39 is 7.60 Å². The van der Waals surface area contributed by atoms with Crippen molar-refractivity contribution in [3.05, 3.63) is 29.3 Å². The Hall–Kier alpha value is -0.630.